The summed E-state index contributed by atoms with van der Waals surface area (Å²) in [6.07, 6.45) is 0. The first kappa shape index (κ1) is 10.3. The van der Waals surface area contributed by atoms with Crippen LogP contribution >= 0.6 is 22.6 Å². The van der Waals surface area contributed by atoms with Gasteiger partial charge in [0.25, 0.3) is 0 Å². The van der Waals surface area contributed by atoms with Crippen LogP contribution in [0.15, 0.2) is 12.1 Å². The maximum Gasteiger partial charge on any atom is 0.341 e. The van der Waals surface area contributed by atoms with Gasteiger partial charge in [-0.3, -0.25) is 0 Å². The second-order valence-electron chi connectivity index (χ2n) is 2.61. The van der Waals surface area contributed by atoms with E-state index in [1.54, 1.807) is 19.1 Å². The molecule has 1 aromatic rings. The van der Waals surface area contributed by atoms with Crippen LogP contribution in [0.25, 0.3) is 0 Å². The molecule has 0 saturated carbocycles. The van der Waals surface area contributed by atoms with Gasteiger partial charge >= 0.3 is 5.97 Å². The molecule has 0 aliphatic carbocycles. The van der Waals surface area contributed by atoms with Crippen molar-refractivity contribution in [3.63, 3.8) is 0 Å². The first-order valence-electron chi connectivity index (χ1n) is 3.63. The van der Waals surface area contributed by atoms with Crippen LogP contribution in [-0.4, -0.2) is 18.2 Å². The number of aromatic hydroxyl groups is 1. The highest BCUT2D eigenvalue weighted by Crippen LogP contribution is 2.25. The molecule has 0 aromatic heterocycles. The molecule has 70 valence electrons. The first-order valence-corrected chi connectivity index (χ1v) is 4.71. The molecule has 1 N–H and O–H groups in total. The fourth-order valence-electron chi connectivity index (χ4n) is 1.00. The standard InChI is InChI=1S/C9H9IO3/c1-5-3-6(10)4-7(8(5)11)9(12)13-2/h3-4,11H,1-2H3. The van der Waals surface area contributed by atoms with Crippen molar-refractivity contribution in [1.29, 1.82) is 0 Å². The highest BCUT2D eigenvalue weighted by atomic mass is 127. The van der Waals surface area contributed by atoms with E-state index in [1.165, 1.54) is 7.11 Å². The maximum absolute atomic E-state index is 11.2. The van der Waals surface area contributed by atoms with Gasteiger partial charge in [-0.05, 0) is 47.2 Å². The zero-order chi connectivity index (χ0) is 10.0. The fourth-order valence-corrected chi connectivity index (χ4v) is 1.78. The van der Waals surface area contributed by atoms with E-state index in [0.29, 0.717) is 5.56 Å². The Kier molecular flexibility index (Phi) is 3.13. The number of phenolic OH excluding ortho intramolecular Hbond substituents is 1. The van der Waals surface area contributed by atoms with Gasteiger partial charge < -0.3 is 9.84 Å². The van der Waals surface area contributed by atoms with E-state index in [9.17, 15) is 9.90 Å². The minimum Gasteiger partial charge on any atom is -0.507 e. The van der Waals surface area contributed by atoms with E-state index in [0.717, 1.165) is 3.57 Å². The molecule has 4 heteroatoms. The van der Waals surface area contributed by atoms with Crippen molar-refractivity contribution in [2.45, 2.75) is 6.92 Å². The molecule has 13 heavy (non-hydrogen) atoms. The second kappa shape index (κ2) is 3.95. The maximum atomic E-state index is 11.2. The Hall–Kier alpha value is -0.780. The van der Waals surface area contributed by atoms with E-state index in [1.807, 2.05) is 0 Å². The molecule has 0 unspecified atom stereocenters. The molecule has 1 aromatic carbocycles. The van der Waals surface area contributed by atoms with Crippen molar-refractivity contribution >= 4 is 28.6 Å². The Labute approximate surface area is 89.9 Å². The topological polar surface area (TPSA) is 46.5 Å². The van der Waals surface area contributed by atoms with Crippen LogP contribution in [0.2, 0.25) is 0 Å². The van der Waals surface area contributed by atoms with Gasteiger partial charge in [0.05, 0.1) is 7.11 Å². The number of benzene rings is 1. The van der Waals surface area contributed by atoms with Gasteiger partial charge in [-0.25, -0.2) is 4.79 Å². The SMILES string of the molecule is COC(=O)c1cc(I)cc(C)c1O. The van der Waals surface area contributed by atoms with Crippen LogP contribution in [-0.2, 0) is 4.74 Å². The highest BCUT2D eigenvalue weighted by Gasteiger charge is 2.13. The fraction of sp³-hybridized carbons (Fsp3) is 0.222. The molecule has 0 heterocycles. The molecule has 0 fully saturated rings. The zero-order valence-corrected chi connectivity index (χ0v) is 9.45. The third-order valence-corrected chi connectivity index (χ3v) is 2.29. The van der Waals surface area contributed by atoms with Gasteiger partial charge in [-0.1, -0.05) is 0 Å². The minimum absolute atomic E-state index is 0.00716. The monoisotopic (exact) mass is 292 g/mol. The molecule has 0 aliphatic rings. The third-order valence-electron chi connectivity index (χ3n) is 1.67. The quantitative estimate of drug-likeness (QED) is 0.637. The number of halogens is 1. The Morgan fingerprint density at radius 2 is 2.15 bits per heavy atom. The van der Waals surface area contributed by atoms with E-state index in [-0.39, 0.29) is 11.3 Å². The van der Waals surface area contributed by atoms with Crippen LogP contribution < -0.4 is 0 Å². The molecule has 0 amide bonds. The number of rotatable bonds is 1. The van der Waals surface area contributed by atoms with Gasteiger partial charge in [0.2, 0.25) is 0 Å². The number of ether oxygens (including phenoxy) is 1. The van der Waals surface area contributed by atoms with Gasteiger partial charge in [-0.15, -0.1) is 0 Å². The summed E-state index contributed by atoms with van der Waals surface area (Å²) in [5.41, 5.74) is 0.888. The van der Waals surface area contributed by atoms with Gasteiger partial charge in [0.15, 0.2) is 0 Å². The molecule has 0 bridgehead atoms. The minimum atomic E-state index is -0.515. The Morgan fingerprint density at radius 3 is 2.69 bits per heavy atom. The van der Waals surface area contributed by atoms with Crippen LogP contribution in [0.4, 0.5) is 0 Å². The van der Waals surface area contributed by atoms with Crippen molar-refractivity contribution in [2.75, 3.05) is 7.11 Å². The summed E-state index contributed by atoms with van der Waals surface area (Å²) in [6.45, 7) is 1.74. The zero-order valence-electron chi connectivity index (χ0n) is 7.30. The summed E-state index contributed by atoms with van der Waals surface area (Å²) < 4.78 is 5.42. The van der Waals surface area contributed by atoms with E-state index >= 15 is 0 Å². The van der Waals surface area contributed by atoms with Gasteiger partial charge in [0, 0.05) is 3.57 Å². The average Bonchev–Trinajstić information content (AvgIpc) is 2.10. The lowest BCUT2D eigenvalue weighted by Crippen LogP contribution is -2.02. The van der Waals surface area contributed by atoms with E-state index in [2.05, 4.69) is 27.3 Å². The predicted octanol–water partition coefficient (Wildman–Crippen LogP) is 2.09. The summed E-state index contributed by atoms with van der Waals surface area (Å²) in [7, 11) is 1.29. The van der Waals surface area contributed by atoms with Crippen LogP contribution in [0.3, 0.4) is 0 Å². The summed E-state index contributed by atoms with van der Waals surface area (Å²) in [5, 5.41) is 9.52. The molecular formula is C9H9IO3. The number of hydrogen-bond acceptors (Lipinski definition) is 3. The summed E-state index contributed by atoms with van der Waals surface area (Å²) in [6, 6.07) is 3.39. The van der Waals surface area contributed by atoms with E-state index < -0.39 is 5.97 Å². The largest absolute Gasteiger partial charge is 0.507 e. The number of carbonyl (C=O) groups is 1. The number of methoxy groups -OCH3 is 1. The summed E-state index contributed by atoms with van der Waals surface area (Å²) >= 11 is 2.08. The first-order chi connectivity index (χ1) is 6.06. The lowest BCUT2D eigenvalue weighted by molar-refractivity contribution is 0.0597. The van der Waals surface area contributed by atoms with Gasteiger partial charge in [0.1, 0.15) is 11.3 Å². The van der Waals surface area contributed by atoms with Crippen molar-refractivity contribution in [3.05, 3.63) is 26.8 Å². The second-order valence-corrected chi connectivity index (χ2v) is 3.86. The summed E-state index contributed by atoms with van der Waals surface area (Å²) in [5.74, 6) is -0.522. The third kappa shape index (κ3) is 2.12. The summed E-state index contributed by atoms with van der Waals surface area (Å²) in [4.78, 5) is 11.2. The number of phenols is 1. The molecule has 1 rings (SSSR count). The van der Waals surface area contributed by atoms with Crippen molar-refractivity contribution in [2.24, 2.45) is 0 Å². The predicted molar refractivity (Wildman–Crippen MR) is 56.9 cm³/mol. The molecule has 0 spiro atoms. The number of hydrogen-bond donors (Lipinski definition) is 1. The normalized spacial score (nSPS) is 9.77. The molecule has 3 nitrogen and oxygen atoms in total. The average molecular weight is 292 g/mol. The Morgan fingerprint density at radius 1 is 1.54 bits per heavy atom. The van der Waals surface area contributed by atoms with Crippen LogP contribution in [0.1, 0.15) is 15.9 Å². The molecule has 0 radical (unpaired) electrons. The van der Waals surface area contributed by atoms with Crippen LogP contribution in [0, 0.1) is 10.5 Å². The van der Waals surface area contributed by atoms with E-state index in [4.69, 9.17) is 0 Å². The number of carbonyl (C=O) groups excluding carboxylic acids is 1. The Bertz CT molecular complexity index is 347. The lowest BCUT2D eigenvalue weighted by atomic mass is 10.1. The lowest BCUT2D eigenvalue weighted by Gasteiger charge is -2.05. The van der Waals surface area contributed by atoms with Crippen molar-refractivity contribution in [1.82, 2.24) is 0 Å². The smallest absolute Gasteiger partial charge is 0.341 e. The molecule has 0 atom stereocenters. The van der Waals surface area contributed by atoms with Gasteiger partial charge in [-0.2, -0.15) is 0 Å². The van der Waals surface area contributed by atoms with Crippen molar-refractivity contribution < 1.29 is 14.6 Å². The van der Waals surface area contributed by atoms with Crippen LogP contribution in [0.5, 0.6) is 5.75 Å². The molecule has 0 saturated heterocycles. The Balaban J connectivity index is 3.28. The molecular weight excluding hydrogens is 283 g/mol. The van der Waals surface area contributed by atoms with Crippen molar-refractivity contribution in [3.8, 4) is 5.75 Å². The highest BCUT2D eigenvalue weighted by molar-refractivity contribution is 14.1. The molecule has 0 aliphatic heterocycles. The number of aryl methyl sites for hydroxylation is 1. The number of esters is 1.